The highest BCUT2D eigenvalue weighted by molar-refractivity contribution is 5.34. The molecule has 0 radical (unpaired) electrons. The van der Waals surface area contributed by atoms with Gasteiger partial charge in [0.25, 0.3) is 0 Å². The Labute approximate surface area is 139 Å². The molecule has 0 aliphatic carbocycles. The van der Waals surface area contributed by atoms with Gasteiger partial charge in [-0.3, -0.25) is 4.98 Å². The molecule has 0 spiro atoms. The van der Waals surface area contributed by atoms with Gasteiger partial charge in [0.15, 0.2) is 0 Å². The first-order chi connectivity index (χ1) is 11.2. The van der Waals surface area contributed by atoms with E-state index in [1.807, 2.05) is 13.0 Å². The number of methoxy groups -OCH3 is 1. The van der Waals surface area contributed by atoms with Gasteiger partial charge >= 0.3 is 6.18 Å². The summed E-state index contributed by atoms with van der Waals surface area (Å²) in [6.45, 7) is 6.13. The molecule has 2 rings (SSSR count). The molecule has 0 saturated heterocycles. The third kappa shape index (κ3) is 4.24. The van der Waals surface area contributed by atoms with Gasteiger partial charge in [-0.2, -0.15) is 13.2 Å². The zero-order valence-corrected chi connectivity index (χ0v) is 14.2. The molecule has 0 N–H and O–H groups in total. The fourth-order valence-corrected chi connectivity index (χ4v) is 2.61. The van der Waals surface area contributed by atoms with Crippen molar-refractivity contribution < 1.29 is 17.9 Å². The number of nitrogens with zero attached hydrogens (tertiary/aromatic N) is 2. The average Bonchev–Trinajstić information content (AvgIpc) is 2.53. The maximum atomic E-state index is 12.6. The van der Waals surface area contributed by atoms with E-state index in [2.05, 4.69) is 23.8 Å². The summed E-state index contributed by atoms with van der Waals surface area (Å²) < 4.78 is 43.0. The van der Waals surface area contributed by atoms with Crippen LogP contribution in [-0.2, 0) is 12.6 Å². The van der Waals surface area contributed by atoms with Crippen molar-refractivity contribution in [2.24, 2.45) is 0 Å². The second-order valence-corrected chi connectivity index (χ2v) is 6.16. The van der Waals surface area contributed by atoms with E-state index in [0.717, 1.165) is 22.8 Å². The topological polar surface area (TPSA) is 35.0 Å². The average molecular weight is 338 g/mol. The molecule has 0 aliphatic heterocycles. The zero-order chi connectivity index (χ0) is 17.9. The van der Waals surface area contributed by atoms with Crippen LogP contribution in [0.1, 0.15) is 55.0 Å². The fourth-order valence-electron chi connectivity index (χ4n) is 2.61. The van der Waals surface area contributed by atoms with Crippen LogP contribution in [-0.4, -0.2) is 17.1 Å². The lowest BCUT2D eigenvalue weighted by Crippen LogP contribution is -2.09. The van der Waals surface area contributed by atoms with Crippen LogP contribution in [0.4, 0.5) is 13.2 Å². The van der Waals surface area contributed by atoms with Gasteiger partial charge in [0.1, 0.15) is 5.69 Å². The molecule has 1 unspecified atom stereocenters. The lowest BCUT2D eigenvalue weighted by molar-refractivity contribution is -0.141. The Hall–Kier alpha value is -2.11. The van der Waals surface area contributed by atoms with Gasteiger partial charge in [0, 0.05) is 18.5 Å². The minimum absolute atomic E-state index is 0.0318. The molecule has 24 heavy (non-hydrogen) atoms. The second-order valence-electron chi connectivity index (χ2n) is 6.16. The molecule has 2 aromatic rings. The van der Waals surface area contributed by atoms with E-state index in [9.17, 15) is 13.2 Å². The second kappa shape index (κ2) is 7.20. The van der Waals surface area contributed by atoms with Crippen molar-refractivity contribution in [1.82, 2.24) is 9.97 Å². The van der Waals surface area contributed by atoms with E-state index in [1.165, 1.54) is 12.3 Å². The molecule has 0 bridgehead atoms. The quantitative estimate of drug-likeness (QED) is 0.772. The molecule has 0 fully saturated rings. The van der Waals surface area contributed by atoms with E-state index >= 15 is 0 Å². The predicted octanol–water partition coefficient (Wildman–Crippen LogP) is 4.97. The molecule has 2 heterocycles. The van der Waals surface area contributed by atoms with Gasteiger partial charge in [0.2, 0.25) is 5.88 Å². The minimum Gasteiger partial charge on any atom is -0.481 e. The smallest absolute Gasteiger partial charge is 0.433 e. The van der Waals surface area contributed by atoms with Crippen molar-refractivity contribution in [3.63, 3.8) is 0 Å². The molecule has 0 saturated carbocycles. The fraction of sp³-hybridized carbons (Fsp3) is 0.444. The lowest BCUT2D eigenvalue weighted by atomic mass is 9.90. The highest BCUT2D eigenvalue weighted by Crippen LogP contribution is 2.30. The van der Waals surface area contributed by atoms with E-state index in [4.69, 9.17) is 4.74 Å². The number of halogens is 3. The van der Waals surface area contributed by atoms with Gasteiger partial charge < -0.3 is 4.74 Å². The van der Waals surface area contributed by atoms with Crippen LogP contribution in [0.25, 0.3) is 0 Å². The number of rotatable bonds is 5. The maximum absolute atomic E-state index is 12.6. The highest BCUT2D eigenvalue weighted by atomic mass is 19.4. The Kier molecular flexibility index (Phi) is 5.47. The number of alkyl halides is 3. The summed E-state index contributed by atoms with van der Waals surface area (Å²) >= 11 is 0. The zero-order valence-electron chi connectivity index (χ0n) is 14.2. The van der Waals surface area contributed by atoms with Crippen molar-refractivity contribution >= 4 is 0 Å². The predicted molar refractivity (Wildman–Crippen MR) is 86.2 cm³/mol. The summed E-state index contributed by atoms with van der Waals surface area (Å²) in [6, 6.07) is 4.42. The largest absolute Gasteiger partial charge is 0.481 e. The molecule has 0 aliphatic rings. The molecule has 3 nitrogen and oxygen atoms in total. The van der Waals surface area contributed by atoms with Crippen LogP contribution in [0.15, 0.2) is 30.6 Å². The van der Waals surface area contributed by atoms with Gasteiger partial charge in [-0.1, -0.05) is 26.8 Å². The third-order valence-electron chi connectivity index (χ3n) is 4.00. The van der Waals surface area contributed by atoms with Crippen LogP contribution in [0.2, 0.25) is 0 Å². The Morgan fingerprint density at radius 1 is 1.08 bits per heavy atom. The van der Waals surface area contributed by atoms with E-state index in [1.54, 1.807) is 13.3 Å². The van der Waals surface area contributed by atoms with E-state index in [0.29, 0.717) is 18.2 Å². The summed E-state index contributed by atoms with van der Waals surface area (Å²) in [5.41, 5.74) is 2.10. The number of hydrogen-bond donors (Lipinski definition) is 0. The van der Waals surface area contributed by atoms with Crippen LogP contribution >= 0.6 is 0 Å². The van der Waals surface area contributed by atoms with E-state index in [-0.39, 0.29) is 5.92 Å². The van der Waals surface area contributed by atoms with Crippen molar-refractivity contribution in [3.8, 4) is 5.88 Å². The first-order valence-electron chi connectivity index (χ1n) is 7.78. The molecule has 2 aromatic heterocycles. The summed E-state index contributed by atoms with van der Waals surface area (Å²) in [5, 5.41) is 0. The van der Waals surface area contributed by atoms with Gasteiger partial charge in [0.05, 0.1) is 7.11 Å². The normalized spacial score (nSPS) is 13.2. The van der Waals surface area contributed by atoms with Crippen LogP contribution < -0.4 is 4.74 Å². The summed E-state index contributed by atoms with van der Waals surface area (Å²) in [4.78, 5) is 7.78. The van der Waals surface area contributed by atoms with Crippen LogP contribution in [0, 0.1) is 0 Å². The molecule has 130 valence electrons. The van der Waals surface area contributed by atoms with E-state index < -0.39 is 11.9 Å². The first-order valence-corrected chi connectivity index (χ1v) is 7.78. The third-order valence-corrected chi connectivity index (χ3v) is 4.00. The first kappa shape index (κ1) is 18.2. The van der Waals surface area contributed by atoms with Gasteiger partial charge in [-0.05, 0) is 41.0 Å². The van der Waals surface area contributed by atoms with Gasteiger partial charge in [-0.25, -0.2) is 4.98 Å². The maximum Gasteiger partial charge on any atom is 0.433 e. The Morgan fingerprint density at radius 2 is 1.79 bits per heavy atom. The minimum atomic E-state index is -4.41. The molecular formula is C18H21F3N2O. The SMILES string of the molecule is COc1cc(CC(C)c2ccc(C(F)(F)F)nc2)c(C(C)C)cn1. The van der Waals surface area contributed by atoms with Gasteiger partial charge in [-0.15, -0.1) is 0 Å². The Morgan fingerprint density at radius 3 is 2.29 bits per heavy atom. The highest BCUT2D eigenvalue weighted by Gasteiger charge is 2.32. The van der Waals surface area contributed by atoms with Crippen LogP contribution in [0.3, 0.4) is 0 Å². The number of aromatic nitrogens is 2. The Bertz CT molecular complexity index is 682. The molecule has 1 atom stereocenters. The summed E-state index contributed by atoms with van der Waals surface area (Å²) in [7, 11) is 1.56. The standard InChI is InChI=1S/C18H21F3N2O/c1-11(2)15-10-23-17(24-4)8-14(15)7-12(3)13-5-6-16(22-9-13)18(19,20)21/h5-6,8-12H,7H2,1-4H3. The molecule has 6 heteroatoms. The summed E-state index contributed by atoms with van der Waals surface area (Å²) in [5.74, 6) is 0.868. The number of pyridine rings is 2. The van der Waals surface area contributed by atoms with Crippen molar-refractivity contribution in [1.29, 1.82) is 0 Å². The number of ether oxygens (including phenoxy) is 1. The monoisotopic (exact) mass is 338 g/mol. The molecule has 0 amide bonds. The molecular weight excluding hydrogens is 317 g/mol. The van der Waals surface area contributed by atoms with Crippen molar-refractivity contribution in [2.75, 3.05) is 7.11 Å². The lowest BCUT2D eigenvalue weighted by Gasteiger charge is -2.18. The van der Waals surface area contributed by atoms with Crippen molar-refractivity contribution in [2.45, 2.75) is 45.2 Å². The molecule has 0 aromatic carbocycles. The van der Waals surface area contributed by atoms with Crippen molar-refractivity contribution in [3.05, 3.63) is 53.0 Å². The number of hydrogen-bond acceptors (Lipinski definition) is 3. The van der Waals surface area contributed by atoms with Crippen LogP contribution in [0.5, 0.6) is 5.88 Å². The Balaban J connectivity index is 2.24. The summed E-state index contributed by atoms with van der Waals surface area (Å²) in [6.07, 6.45) is -0.623.